The number of aliphatic carboxylic acids is 1. The van der Waals surface area contributed by atoms with Crippen molar-refractivity contribution in [3.8, 4) is 11.8 Å². The van der Waals surface area contributed by atoms with Gasteiger partial charge in [0.25, 0.3) is 5.91 Å². The van der Waals surface area contributed by atoms with E-state index in [1.807, 2.05) is 6.07 Å². The molecule has 0 aliphatic heterocycles. The van der Waals surface area contributed by atoms with Gasteiger partial charge < -0.3 is 14.7 Å². The van der Waals surface area contributed by atoms with Crippen molar-refractivity contribution < 1.29 is 19.4 Å². The van der Waals surface area contributed by atoms with Gasteiger partial charge in [0.2, 0.25) is 0 Å². The molecule has 0 aromatic heterocycles. The van der Waals surface area contributed by atoms with Crippen molar-refractivity contribution in [2.24, 2.45) is 0 Å². The zero-order chi connectivity index (χ0) is 15.8. The lowest BCUT2D eigenvalue weighted by atomic mass is 10.2. The Balaban J connectivity index is 2.63. The standard InChI is InChI=1S/C15H18N2O4/c1-3-17(9-8-14(18)19)15(20)11(2)21-13-6-4-12(10-16)5-7-13/h4-7,11H,3,8-9H2,1-2H3,(H,18,19). The quantitative estimate of drug-likeness (QED) is 0.824. The van der Waals surface area contributed by atoms with Gasteiger partial charge >= 0.3 is 5.97 Å². The molecule has 0 saturated heterocycles. The molecule has 0 heterocycles. The smallest absolute Gasteiger partial charge is 0.305 e. The molecule has 0 aliphatic rings. The van der Waals surface area contributed by atoms with E-state index in [9.17, 15) is 9.59 Å². The predicted octanol–water partition coefficient (Wildman–Crippen LogP) is 1.65. The maximum absolute atomic E-state index is 12.2. The molecule has 1 unspecified atom stereocenters. The first kappa shape index (κ1) is 16.5. The first-order valence-electron chi connectivity index (χ1n) is 6.65. The van der Waals surface area contributed by atoms with Crippen molar-refractivity contribution in [3.05, 3.63) is 29.8 Å². The second-order valence-corrected chi connectivity index (χ2v) is 4.46. The third-order valence-corrected chi connectivity index (χ3v) is 2.93. The molecular formula is C15H18N2O4. The minimum Gasteiger partial charge on any atom is -0.481 e. The van der Waals surface area contributed by atoms with Crippen LogP contribution < -0.4 is 4.74 Å². The number of hydrogen-bond donors (Lipinski definition) is 1. The Labute approximate surface area is 123 Å². The fourth-order valence-electron chi connectivity index (χ4n) is 1.77. The van der Waals surface area contributed by atoms with Crippen LogP contribution >= 0.6 is 0 Å². The Morgan fingerprint density at radius 1 is 1.38 bits per heavy atom. The fourth-order valence-corrected chi connectivity index (χ4v) is 1.77. The molecule has 1 N–H and O–H groups in total. The van der Waals surface area contributed by atoms with E-state index in [1.165, 1.54) is 4.90 Å². The lowest BCUT2D eigenvalue weighted by Gasteiger charge is -2.24. The summed E-state index contributed by atoms with van der Waals surface area (Å²) in [5.74, 6) is -0.714. The van der Waals surface area contributed by atoms with Crippen molar-refractivity contribution in [1.82, 2.24) is 4.90 Å². The van der Waals surface area contributed by atoms with E-state index in [4.69, 9.17) is 15.1 Å². The molecule has 0 bridgehead atoms. The maximum atomic E-state index is 12.2. The summed E-state index contributed by atoms with van der Waals surface area (Å²) in [5.41, 5.74) is 0.512. The van der Waals surface area contributed by atoms with Crippen LogP contribution in [0.2, 0.25) is 0 Å². The SMILES string of the molecule is CCN(CCC(=O)O)C(=O)C(C)Oc1ccc(C#N)cc1. The van der Waals surface area contributed by atoms with Gasteiger partial charge in [-0.05, 0) is 38.1 Å². The number of hydrogen-bond acceptors (Lipinski definition) is 4. The van der Waals surface area contributed by atoms with Crippen LogP contribution in [0.25, 0.3) is 0 Å². The Morgan fingerprint density at radius 2 is 2.00 bits per heavy atom. The summed E-state index contributed by atoms with van der Waals surface area (Å²) in [6, 6.07) is 8.45. The van der Waals surface area contributed by atoms with Gasteiger partial charge in [0, 0.05) is 13.1 Å². The van der Waals surface area contributed by atoms with Crippen molar-refractivity contribution in [2.75, 3.05) is 13.1 Å². The number of rotatable bonds is 7. The van der Waals surface area contributed by atoms with Gasteiger partial charge in [0.1, 0.15) is 5.75 Å². The number of carboxylic acids is 1. The molecule has 0 radical (unpaired) electrons. The molecule has 1 amide bonds. The van der Waals surface area contributed by atoms with Crippen LogP contribution in [-0.2, 0) is 9.59 Å². The summed E-state index contributed by atoms with van der Waals surface area (Å²) in [6.07, 6.45) is -0.810. The highest BCUT2D eigenvalue weighted by molar-refractivity contribution is 5.81. The summed E-state index contributed by atoms with van der Waals surface area (Å²) in [4.78, 5) is 24.2. The molecule has 6 nitrogen and oxygen atoms in total. The molecule has 21 heavy (non-hydrogen) atoms. The summed E-state index contributed by atoms with van der Waals surface area (Å²) < 4.78 is 5.52. The van der Waals surface area contributed by atoms with Crippen molar-refractivity contribution in [1.29, 1.82) is 5.26 Å². The summed E-state index contributed by atoms with van der Waals surface area (Å²) in [6.45, 7) is 3.98. The minimum atomic E-state index is -0.943. The van der Waals surface area contributed by atoms with Crippen molar-refractivity contribution in [3.63, 3.8) is 0 Å². The normalized spacial score (nSPS) is 11.3. The Hall–Kier alpha value is -2.55. The van der Waals surface area contributed by atoms with E-state index in [-0.39, 0.29) is 18.9 Å². The van der Waals surface area contributed by atoms with Crippen LogP contribution in [0.4, 0.5) is 0 Å². The molecule has 0 fully saturated rings. The minimum absolute atomic E-state index is 0.0941. The third kappa shape index (κ3) is 5.15. The average molecular weight is 290 g/mol. The number of benzene rings is 1. The van der Waals surface area contributed by atoms with Gasteiger partial charge in [0.15, 0.2) is 6.10 Å². The topological polar surface area (TPSA) is 90.6 Å². The molecular weight excluding hydrogens is 272 g/mol. The molecule has 1 rings (SSSR count). The third-order valence-electron chi connectivity index (χ3n) is 2.93. The number of likely N-dealkylation sites (N-methyl/N-ethyl adjacent to an activating group) is 1. The highest BCUT2D eigenvalue weighted by atomic mass is 16.5. The average Bonchev–Trinajstić information content (AvgIpc) is 2.48. The highest BCUT2D eigenvalue weighted by Gasteiger charge is 2.21. The van der Waals surface area contributed by atoms with E-state index >= 15 is 0 Å². The molecule has 1 aromatic carbocycles. The van der Waals surface area contributed by atoms with Gasteiger partial charge in [-0.1, -0.05) is 0 Å². The van der Waals surface area contributed by atoms with E-state index in [0.29, 0.717) is 17.9 Å². The summed E-state index contributed by atoms with van der Waals surface area (Å²) in [7, 11) is 0. The van der Waals surface area contributed by atoms with Crippen LogP contribution in [0.3, 0.4) is 0 Å². The molecule has 6 heteroatoms. The monoisotopic (exact) mass is 290 g/mol. The van der Waals surface area contributed by atoms with E-state index in [2.05, 4.69) is 0 Å². The van der Waals surface area contributed by atoms with E-state index < -0.39 is 12.1 Å². The Bertz CT molecular complexity index is 534. The molecule has 1 aromatic rings. The maximum Gasteiger partial charge on any atom is 0.305 e. The molecule has 112 valence electrons. The number of carbonyl (C=O) groups is 2. The van der Waals surface area contributed by atoms with Crippen LogP contribution in [0.15, 0.2) is 24.3 Å². The lowest BCUT2D eigenvalue weighted by molar-refractivity contribution is -0.140. The van der Waals surface area contributed by atoms with Gasteiger partial charge in [-0.2, -0.15) is 5.26 Å². The van der Waals surface area contributed by atoms with Gasteiger partial charge in [0.05, 0.1) is 18.1 Å². The molecule has 1 atom stereocenters. The second-order valence-electron chi connectivity index (χ2n) is 4.46. The molecule has 0 spiro atoms. The van der Waals surface area contributed by atoms with Crippen molar-refractivity contribution in [2.45, 2.75) is 26.4 Å². The molecule has 0 saturated carbocycles. The number of amides is 1. The first-order valence-corrected chi connectivity index (χ1v) is 6.65. The molecule has 0 aliphatic carbocycles. The summed E-state index contributed by atoms with van der Waals surface area (Å²) in [5, 5.41) is 17.4. The van der Waals surface area contributed by atoms with Crippen molar-refractivity contribution >= 4 is 11.9 Å². The fraction of sp³-hybridized carbons (Fsp3) is 0.400. The zero-order valence-corrected chi connectivity index (χ0v) is 12.1. The predicted molar refractivity (Wildman–Crippen MR) is 75.8 cm³/mol. The second kappa shape index (κ2) is 7.90. The van der Waals surface area contributed by atoms with Gasteiger partial charge in [-0.15, -0.1) is 0 Å². The Kier molecular flexibility index (Phi) is 6.21. The largest absolute Gasteiger partial charge is 0.481 e. The van der Waals surface area contributed by atoms with Crippen LogP contribution in [0, 0.1) is 11.3 Å². The van der Waals surface area contributed by atoms with Gasteiger partial charge in [-0.25, -0.2) is 0 Å². The van der Waals surface area contributed by atoms with Crippen LogP contribution in [-0.4, -0.2) is 41.1 Å². The lowest BCUT2D eigenvalue weighted by Crippen LogP contribution is -2.41. The summed E-state index contributed by atoms with van der Waals surface area (Å²) >= 11 is 0. The first-order chi connectivity index (χ1) is 9.97. The number of carbonyl (C=O) groups excluding carboxylic acids is 1. The Morgan fingerprint density at radius 3 is 2.48 bits per heavy atom. The van der Waals surface area contributed by atoms with Crippen LogP contribution in [0.5, 0.6) is 5.75 Å². The van der Waals surface area contributed by atoms with E-state index in [1.54, 1.807) is 38.1 Å². The van der Waals surface area contributed by atoms with Gasteiger partial charge in [-0.3, -0.25) is 9.59 Å². The highest BCUT2D eigenvalue weighted by Crippen LogP contribution is 2.14. The van der Waals surface area contributed by atoms with Crippen LogP contribution in [0.1, 0.15) is 25.8 Å². The number of carboxylic acid groups (broad SMARTS) is 1. The number of nitrogens with zero attached hydrogens (tertiary/aromatic N) is 2. The number of ether oxygens (including phenoxy) is 1. The van der Waals surface area contributed by atoms with E-state index in [0.717, 1.165) is 0 Å². The zero-order valence-electron chi connectivity index (χ0n) is 12.1. The number of nitriles is 1.